The molecule has 0 bridgehead atoms. The molecule has 31 heavy (non-hydrogen) atoms. The van der Waals surface area contributed by atoms with E-state index in [1.165, 1.54) is 6.42 Å². The van der Waals surface area contributed by atoms with E-state index in [2.05, 4.69) is 36.0 Å². The Morgan fingerprint density at radius 1 is 1.10 bits per heavy atom. The second kappa shape index (κ2) is 7.94. The Balaban J connectivity index is 1.47. The first-order valence-electron chi connectivity index (χ1n) is 11.4. The molecule has 1 amide bonds. The minimum atomic E-state index is -0.0409. The van der Waals surface area contributed by atoms with Gasteiger partial charge in [0.2, 0.25) is 0 Å². The molecule has 2 atom stereocenters. The Hall–Kier alpha value is -2.96. The molecule has 0 unspecified atom stereocenters. The van der Waals surface area contributed by atoms with Crippen LogP contribution in [-0.4, -0.2) is 50.0 Å². The van der Waals surface area contributed by atoms with Crippen LogP contribution in [0, 0.1) is 19.8 Å². The third-order valence-electron chi connectivity index (χ3n) is 6.56. The van der Waals surface area contributed by atoms with Gasteiger partial charge in [-0.3, -0.25) is 4.79 Å². The fraction of sp³-hybridized carbons (Fsp3) is 0.500. The van der Waals surface area contributed by atoms with Crippen molar-refractivity contribution in [2.75, 3.05) is 24.5 Å². The predicted octanol–water partition coefficient (Wildman–Crippen LogP) is 3.95. The molecule has 7 nitrogen and oxygen atoms in total. The topological polar surface area (TPSA) is 66.6 Å². The smallest absolute Gasteiger partial charge is 0.273 e. The molecule has 0 spiro atoms. The standard InChI is InChI=1S/C24H30N6O/c1-16-10-12-28(14-16)23-17(2)15-30-22(26-23)13-20(27-30)21-9-4-5-11-29(21)24(31)19-8-6-7-18(3)25-19/h6-8,13,15-16,21H,4-5,9-12,14H2,1-3H3/t16-,21-/m0/s1. The number of amides is 1. The van der Waals surface area contributed by atoms with Gasteiger partial charge in [0, 0.05) is 43.2 Å². The van der Waals surface area contributed by atoms with Gasteiger partial charge in [-0.15, -0.1) is 0 Å². The molecule has 0 N–H and O–H groups in total. The van der Waals surface area contributed by atoms with Gasteiger partial charge < -0.3 is 9.80 Å². The third-order valence-corrected chi connectivity index (χ3v) is 6.56. The molecule has 5 rings (SSSR count). The van der Waals surface area contributed by atoms with Gasteiger partial charge >= 0.3 is 0 Å². The lowest BCUT2D eigenvalue weighted by Crippen LogP contribution is -2.39. The van der Waals surface area contributed by atoms with Gasteiger partial charge in [0.15, 0.2) is 5.65 Å². The second-order valence-corrected chi connectivity index (χ2v) is 9.13. The molecule has 0 aliphatic carbocycles. The zero-order valence-electron chi connectivity index (χ0n) is 18.6. The first kappa shape index (κ1) is 20.0. The van der Waals surface area contributed by atoms with Crippen molar-refractivity contribution in [2.24, 2.45) is 5.92 Å². The van der Waals surface area contributed by atoms with Crippen LogP contribution in [0.3, 0.4) is 0 Å². The number of fused-ring (bicyclic) bond motifs is 1. The van der Waals surface area contributed by atoms with Crippen molar-refractivity contribution in [1.29, 1.82) is 0 Å². The fourth-order valence-electron chi connectivity index (χ4n) is 4.92. The van der Waals surface area contributed by atoms with Crippen molar-refractivity contribution in [1.82, 2.24) is 24.5 Å². The van der Waals surface area contributed by atoms with Crippen LogP contribution in [0.4, 0.5) is 5.82 Å². The number of likely N-dealkylation sites (tertiary alicyclic amines) is 1. The van der Waals surface area contributed by atoms with E-state index in [1.807, 2.05) is 28.5 Å². The Morgan fingerprint density at radius 3 is 2.74 bits per heavy atom. The maximum absolute atomic E-state index is 13.3. The van der Waals surface area contributed by atoms with Gasteiger partial charge in [-0.1, -0.05) is 13.0 Å². The van der Waals surface area contributed by atoms with E-state index in [-0.39, 0.29) is 11.9 Å². The Labute approximate surface area is 183 Å². The normalized spacial score (nSPS) is 21.8. The first-order chi connectivity index (χ1) is 15.0. The van der Waals surface area contributed by atoms with Crippen LogP contribution in [0.5, 0.6) is 0 Å². The van der Waals surface area contributed by atoms with Gasteiger partial charge in [0.05, 0.1) is 11.7 Å². The highest BCUT2D eigenvalue weighted by molar-refractivity contribution is 5.92. The average molecular weight is 419 g/mol. The van der Waals surface area contributed by atoms with Gasteiger partial charge in [-0.25, -0.2) is 14.5 Å². The van der Waals surface area contributed by atoms with E-state index >= 15 is 0 Å². The van der Waals surface area contributed by atoms with E-state index in [9.17, 15) is 4.79 Å². The summed E-state index contributed by atoms with van der Waals surface area (Å²) in [5, 5.41) is 4.85. The molecular formula is C24H30N6O. The lowest BCUT2D eigenvalue weighted by atomic mass is 9.99. The van der Waals surface area contributed by atoms with E-state index in [4.69, 9.17) is 10.1 Å². The molecule has 7 heteroatoms. The van der Waals surface area contributed by atoms with Gasteiger partial charge in [-0.2, -0.15) is 5.10 Å². The second-order valence-electron chi connectivity index (χ2n) is 9.13. The first-order valence-corrected chi connectivity index (χ1v) is 11.4. The van der Waals surface area contributed by atoms with E-state index in [0.29, 0.717) is 11.6 Å². The lowest BCUT2D eigenvalue weighted by Gasteiger charge is -2.34. The SMILES string of the molecule is Cc1cccc(C(=O)N2CCCC[C@H]2c2cc3nc(N4CC[C@H](C)C4)c(C)cn3n2)n1. The van der Waals surface area contributed by atoms with Gasteiger partial charge in [-0.05, 0) is 57.6 Å². The van der Waals surface area contributed by atoms with Crippen LogP contribution in [0.1, 0.15) is 66.1 Å². The molecule has 3 aromatic heterocycles. The monoisotopic (exact) mass is 418 g/mol. The van der Waals surface area contributed by atoms with Gasteiger partial charge in [0.1, 0.15) is 11.5 Å². The van der Waals surface area contributed by atoms with Crippen LogP contribution in [0.15, 0.2) is 30.5 Å². The number of carbonyl (C=O) groups excluding carboxylic acids is 1. The van der Waals surface area contributed by atoms with Crippen LogP contribution >= 0.6 is 0 Å². The number of aromatic nitrogens is 4. The molecule has 2 saturated heterocycles. The molecule has 162 valence electrons. The quantitative estimate of drug-likeness (QED) is 0.644. The van der Waals surface area contributed by atoms with Crippen LogP contribution in [-0.2, 0) is 0 Å². The molecule has 2 aliphatic rings. The zero-order chi connectivity index (χ0) is 21.5. The summed E-state index contributed by atoms with van der Waals surface area (Å²) < 4.78 is 1.87. The summed E-state index contributed by atoms with van der Waals surface area (Å²) in [6.07, 6.45) is 6.30. The predicted molar refractivity (Wildman–Crippen MR) is 120 cm³/mol. The van der Waals surface area contributed by atoms with Crippen LogP contribution in [0.2, 0.25) is 0 Å². The summed E-state index contributed by atoms with van der Waals surface area (Å²) >= 11 is 0. The fourth-order valence-corrected chi connectivity index (χ4v) is 4.92. The Morgan fingerprint density at radius 2 is 1.97 bits per heavy atom. The maximum atomic E-state index is 13.3. The van der Waals surface area contributed by atoms with Crippen molar-refractivity contribution < 1.29 is 4.79 Å². The Bertz CT molecular complexity index is 1120. The van der Waals surface area contributed by atoms with E-state index in [0.717, 1.165) is 67.3 Å². The number of aryl methyl sites for hydroxylation is 2. The van der Waals surface area contributed by atoms with Crippen molar-refractivity contribution in [3.05, 3.63) is 53.1 Å². The zero-order valence-corrected chi connectivity index (χ0v) is 18.6. The summed E-state index contributed by atoms with van der Waals surface area (Å²) in [5.74, 6) is 1.75. The number of rotatable bonds is 3. The van der Waals surface area contributed by atoms with E-state index < -0.39 is 0 Å². The molecule has 0 saturated carbocycles. The lowest BCUT2D eigenvalue weighted by molar-refractivity contribution is 0.0599. The van der Waals surface area contributed by atoms with Crippen LogP contribution < -0.4 is 4.90 Å². The summed E-state index contributed by atoms with van der Waals surface area (Å²) in [4.78, 5) is 27.0. The van der Waals surface area contributed by atoms with Crippen LogP contribution in [0.25, 0.3) is 5.65 Å². The minimum absolute atomic E-state index is 0.0126. The molecule has 5 heterocycles. The van der Waals surface area contributed by atoms with Crippen molar-refractivity contribution in [2.45, 2.75) is 52.5 Å². The number of anilines is 1. The number of carbonyl (C=O) groups is 1. The average Bonchev–Trinajstić information content (AvgIpc) is 3.38. The van der Waals surface area contributed by atoms with Gasteiger partial charge in [0.25, 0.3) is 5.91 Å². The highest BCUT2D eigenvalue weighted by Gasteiger charge is 2.31. The molecular weight excluding hydrogens is 388 g/mol. The molecule has 3 aromatic rings. The number of hydrogen-bond donors (Lipinski definition) is 0. The molecule has 2 aliphatic heterocycles. The van der Waals surface area contributed by atoms with Crippen molar-refractivity contribution in [3.63, 3.8) is 0 Å². The largest absolute Gasteiger partial charge is 0.356 e. The summed E-state index contributed by atoms with van der Waals surface area (Å²) in [5.41, 5.74) is 4.27. The maximum Gasteiger partial charge on any atom is 0.273 e. The molecule has 0 radical (unpaired) electrons. The number of pyridine rings is 1. The minimum Gasteiger partial charge on any atom is -0.356 e. The molecule has 0 aromatic carbocycles. The summed E-state index contributed by atoms with van der Waals surface area (Å²) in [6, 6.07) is 7.63. The highest BCUT2D eigenvalue weighted by Crippen LogP contribution is 2.32. The number of piperidine rings is 1. The highest BCUT2D eigenvalue weighted by atomic mass is 16.2. The number of nitrogens with zero attached hydrogens (tertiary/aromatic N) is 6. The Kier molecular flexibility index (Phi) is 5.12. The summed E-state index contributed by atoms with van der Waals surface area (Å²) in [6.45, 7) is 9.16. The van der Waals surface area contributed by atoms with Crippen molar-refractivity contribution >= 4 is 17.4 Å². The summed E-state index contributed by atoms with van der Waals surface area (Å²) in [7, 11) is 0. The number of hydrogen-bond acceptors (Lipinski definition) is 5. The van der Waals surface area contributed by atoms with Crippen molar-refractivity contribution in [3.8, 4) is 0 Å². The van der Waals surface area contributed by atoms with E-state index in [1.54, 1.807) is 6.07 Å². The molecule has 2 fully saturated rings. The third kappa shape index (κ3) is 3.77.